The van der Waals surface area contributed by atoms with E-state index in [1.165, 1.54) is 20.3 Å². The van der Waals surface area contributed by atoms with E-state index < -0.39 is 12.1 Å². The average molecular weight is 540 g/mol. The van der Waals surface area contributed by atoms with Gasteiger partial charge in [-0.2, -0.15) is 0 Å². The predicted octanol–water partition coefficient (Wildman–Crippen LogP) is 5.18. The summed E-state index contributed by atoms with van der Waals surface area (Å²) in [5, 5.41) is 1.58. The first-order valence-corrected chi connectivity index (χ1v) is 9.68. The van der Waals surface area contributed by atoms with Gasteiger partial charge < -0.3 is 19.0 Å². The van der Waals surface area contributed by atoms with Crippen molar-refractivity contribution < 1.29 is 28.6 Å². The number of carbonyl (C=O) groups excluding carboxylic acids is 2. The summed E-state index contributed by atoms with van der Waals surface area (Å²) in [7, 11) is 2.65. The van der Waals surface area contributed by atoms with Gasteiger partial charge in [0.15, 0.2) is 0 Å². The molecule has 0 unspecified atom stereocenters. The Bertz CT molecular complexity index is 864. The lowest BCUT2D eigenvalue weighted by molar-refractivity contribution is -0.0977. The minimum atomic E-state index is -0.819. The Labute approximate surface area is 185 Å². The lowest BCUT2D eigenvalue weighted by atomic mass is 10.2. The Hall–Kier alpha value is -1.75. The van der Waals surface area contributed by atoms with Crippen LogP contribution in [-0.4, -0.2) is 44.5 Å². The van der Waals surface area contributed by atoms with Crippen molar-refractivity contribution in [2.75, 3.05) is 27.4 Å². The molecular weight excluding hydrogens is 524 g/mol. The largest absolute Gasteiger partial charge is 0.456 e. The molecule has 0 aromatic heterocycles. The highest BCUT2D eigenvalue weighted by molar-refractivity contribution is 14.1. The molecule has 7 nitrogen and oxygen atoms in total. The van der Waals surface area contributed by atoms with Crippen molar-refractivity contribution in [3.8, 4) is 11.5 Å². The minimum Gasteiger partial charge on any atom is -0.456 e. The number of ether oxygens (including phenoxy) is 3. The summed E-state index contributed by atoms with van der Waals surface area (Å²) in [4.78, 5) is 29.5. The molecule has 2 aromatic carbocycles. The topological polar surface area (TPSA) is 74.3 Å². The van der Waals surface area contributed by atoms with Crippen LogP contribution in [0.3, 0.4) is 0 Å². The number of rotatable bonds is 6. The highest BCUT2D eigenvalue weighted by atomic mass is 127. The second-order valence-corrected chi connectivity index (χ2v) is 7.27. The van der Waals surface area contributed by atoms with Crippen molar-refractivity contribution in [1.82, 2.24) is 5.06 Å². The molecule has 0 spiro atoms. The molecule has 0 N–H and O–H groups in total. The molecule has 0 bridgehead atoms. The van der Waals surface area contributed by atoms with Crippen LogP contribution < -0.4 is 4.74 Å². The summed E-state index contributed by atoms with van der Waals surface area (Å²) in [6.45, 7) is 0.180. The third-order valence-electron chi connectivity index (χ3n) is 3.35. The molecule has 0 aliphatic rings. The van der Waals surface area contributed by atoms with Gasteiger partial charge in [-0.1, -0.05) is 23.2 Å². The Balaban J connectivity index is 2.21. The second kappa shape index (κ2) is 10.7. The van der Waals surface area contributed by atoms with Gasteiger partial charge in [-0.3, -0.25) is 0 Å². The van der Waals surface area contributed by atoms with Crippen LogP contribution in [0, 0.1) is 3.57 Å². The van der Waals surface area contributed by atoms with Crippen LogP contribution in [0.4, 0.5) is 4.79 Å². The highest BCUT2D eigenvalue weighted by Gasteiger charge is 2.22. The maximum Gasteiger partial charge on any atom is 0.443 e. The molecule has 10 heteroatoms. The number of methoxy groups -OCH3 is 2. The van der Waals surface area contributed by atoms with Crippen LogP contribution >= 0.6 is 45.8 Å². The minimum absolute atomic E-state index is 0.0159. The zero-order chi connectivity index (χ0) is 20.7. The van der Waals surface area contributed by atoms with E-state index in [1.54, 1.807) is 30.3 Å². The molecule has 0 atom stereocenters. The molecule has 0 saturated heterocycles. The Morgan fingerprint density at radius 1 is 1.11 bits per heavy atom. The summed E-state index contributed by atoms with van der Waals surface area (Å²) < 4.78 is 15.8. The average Bonchev–Trinajstić information content (AvgIpc) is 2.67. The fourth-order valence-corrected chi connectivity index (χ4v) is 3.01. The first-order valence-electron chi connectivity index (χ1n) is 7.85. The zero-order valence-electron chi connectivity index (χ0n) is 14.9. The van der Waals surface area contributed by atoms with Crippen molar-refractivity contribution in [2.24, 2.45) is 0 Å². The Kier molecular flexibility index (Phi) is 8.61. The van der Waals surface area contributed by atoms with Gasteiger partial charge in [-0.05, 0) is 59.0 Å². The van der Waals surface area contributed by atoms with E-state index in [9.17, 15) is 9.59 Å². The van der Waals surface area contributed by atoms with Gasteiger partial charge in [0, 0.05) is 15.7 Å². The van der Waals surface area contributed by atoms with E-state index in [0.29, 0.717) is 25.1 Å². The van der Waals surface area contributed by atoms with E-state index in [-0.39, 0.29) is 18.7 Å². The normalized spacial score (nSPS) is 10.3. The fourth-order valence-electron chi connectivity index (χ4n) is 2.01. The quantitative estimate of drug-likeness (QED) is 0.372. The number of hydrogen-bond acceptors (Lipinski definition) is 6. The summed E-state index contributed by atoms with van der Waals surface area (Å²) in [6, 6.07) is 9.63. The van der Waals surface area contributed by atoms with Gasteiger partial charge in [0.1, 0.15) is 11.5 Å². The van der Waals surface area contributed by atoms with Gasteiger partial charge in [-0.15, -0.1) is 5.06 Å². The molecule has 0 fully saturated rings. The van der Waals surface area contributed by atoms with Crippen molar-refractivity contribution in [3.63, 3.8) is 0 Å². The maximum atomic E-state index is 12.6. The Morgan fingerprint density at radius 2 is 1.86 bits per heavy atom. The van der Waals surface area contributed by atoms with Crippen LogP contribution in [0.15, 0.2) is 36.4 Å². The smallest absolute Gasteiger partial charge is 0.443 e. The van der Waals surface area contributed by atoms with E-state index in [2.05, 4.69) is 4.74 Å². The first-order chi connectivity index (χ1) is 13.3. The lowest BCUT2D eigenvalue weighted by Gasteiger charge is -2.19. The van der Waals surface area contributed by atoms with Crippen LogP contribution in [0.2, 0.25) is 10.0 Å². The second-order valence-electron chi connectivity index (χ2n) is 5.26. The molecule has 0 aliphatic heterocycles. The number of nitrogens with zero attached hydrogens (tertiary/aromatic N) is 1. The standard InChI is InChI=1S/C18H16Cl2INO6/c1-25-8-7-22(18(24)26-2)28-17(23)13-10-12(4-5-15(13)21)27-16-6-3-11(19)9-14(16)20/h3-6,9-10H,7-8H2,1-2H3. The van der Waals surface area contributed by atoms with Crippen molar-refractivity contribution in [2.45, 2.75) is 0 Å². The molecule has 0 radical (unpaired) electrons. The molecule has 0 saturated carbocycles. The zero-order valence-corrected chi connectivity index (χ0v) is 18.6. The summed E-state index contributed by atoms with van der Waals surface area (Å²) in [6.07, 6.45) is -0.819. The van der Waals surface area contributed by atoms with E-state index in [0.717, 1.165) is 5.06 Å². The molecular formula is C18H16Cl2INO6. The number of hydroxylamine groups is 2. The number of benzene rings is 2. The maximum absolute atomic E-state index is 12.6. The molecule has 28 heavy (non-hydrogen) atoms. The molecule has 2 rings (SSSR count). The van der Waals surface area contributed by atoms with Crippen LogP contribution in [-0.2, 0) is 14.3 Å². The van der Waals surface area contributed by atoms with Gasteiger partial charge >= 0.3 is 12.1 Å². The molecule has 0 aliphatic carbocycles. The van der Waals surface area contributed by atoms with Gasteiger partial charge in [0.2, 0.25) is 0 Å². The van der Waals surface area contributed by atoms with Crippen molar-refractivity contribution in [1.29, 1.82) is 0 Å². The van der Waals surface area contributed by atoms with Crippen molar-refractivity contribution in [3.05, 3.63) is 55.6 Å². The molecule has 2 aromatic rings. The van der Waals surface area contributed by atoms with Gasteiger partial charge in [-0.25, -0.2) is 9.59 Å². The lowest BCUT2D eigenvalue weighted by Crippen LogP contribution is -2.36. The highest BCUT2D eigenvalue weighted by Crippen LogP contribution is 2.32. The number of halogens is 3. The Morgan fingerprint density at radius 3 is 2.50 bits per heavy atom. The summed E-state index contributed by atoms with van der Waals surface area (Å²) >= 11 is 14.0. The predicted molar refractivity (Wildman–Crippen MR) is 112 cm³/mol. The SMILES string of the molecule is COCCN(OC(=O)c1cc(Oc2ccc(Cl)cc2Cl)ccc1I)C(=O)OC. The van der Waals surface area contributed by atoms with E-state index in [1.807, 2.05) is 22.6 Å². The van der Waals surface area contributed by atoms with Crippen LogP contribution in [0.25, 0.3) is 0 Å². The summed E-state index contributed by atoms with van der Waals surface area (Å²) in [5.74, 6) is -0.0143. The monoisotopic (exact) mass is 539 g/mol. The molecule has 0 heterocycles. The number of carbonyl (C=O) groups is 2. The number of hydrogen-bond donors (Lipinski definition) is 0. The van der Waals surface area contributed by atoms with Crippen LogP contribution in [0.1, 0.15) is 10.4 Å². The molecule has 1 amide bonds. The van der Waals surface area contributed by atoms with E-state index >= 15 is 0 Å². The molecule has 150 valence electrons. The van der Waals surface area contributed by atoms with Crippen molar-refractivity contribution >= 4 is 57.9 Å². The third-order valence-corrected chi connectivity index (χ3v) is 4.82. The van der Waals surface area contributed by atoms with E-state index in [4.69, 9.17) is 37.5 Å². The number of amides is 1. The van der Waals surface area contributed by atoms with Crippen LogP contribution in [0.5, 0.6) is 11.5 Å². The summed E-state index contributed by atoms with van der Waals surface area (Å²) in [5.41, 5.74) is 0.203. The van der Waals surface area contributed by atoms with Gasteiger partial charge in [0.25, 0.3) is 0 Å². The first kappa shape index (κ1) is 22.5. The third kappa shape index (κ3) is 6.13. The fraction of sp³-hybridized carbons (Fsp3) is 0.222. The van der Waals surface area contributed by atoms with Gasteiger partial charge in [0.05, 0.1) is 30.8 Å².